The highest BCUT2D eigenvalue weighted by Crippen LogP contribution is 2.14. The van der Waals surface area contributed by atoms with Gasteiger partial charge in [0.15, 0.2) is 0 Å². The molecule has 2 atom stereocenters. The van der Waals surface area contributed by atoms with Crippen molar-refractivity contribution in [1.29, 1.82) is 0 Å². The lowest BCUT2D eigenvalue weighted by Gasteiger charge is -2.19. The van der Waals surface area contributed by atoms with Crippen LogP contribution in [0.1, 0.15) is 27.2 Å². The molecule has 0 aliphatic rings. The molecular weight excluding hydrogens is 276 g/mol. The molecule has 2 unspecified atom stereocenters. The summed E-state index contributed by atoms with van der Waals surface area (Å²) in [4.78, 5) is 0. The smallest absolute Gasteiger partial charge is 0.215 e. The molecule has 1 aromatic carbocycles. The molecule has 0 amide bonds. The van der Waals surface area contributed by atoms with E-state index in [9.17, 15) is 8.42 Å². The monoisotopic (exact) mass is 300 g/mol. The van der Waals surface area contributed by atoms with E-state index in [1.165, 1.54) is 0 Å². The number of hydrogen-bond acceptors (Lipinski definition) is 4. The van der Waals surface area contributed by atoms with Gasteiger partial charge in [0.05, 0.1) is 5.75 Å². The number of hydrogen-bond donors (Lipinski definition) is 2. The van der Waals surface area contributed by atoms with Crippen LogP contribution in [-0.4, -0.2) is 26.8 Å². The fraction of sp³-hybridized carbons (Fsp3) is 0.571. The van der Waals surface area contributed by atoms with E-state index in [-0.39, 0.29) is 18.4 Å². The highest BCUT2D eigenvalue weighted by atomic mass is 32.2. The second-order valence-corrected chi connectivity index (χ2v) is 6.91. The summed E-state index contributed by atoms with van der Waals surface area (Å²) in [5.74, 6) is 0.817. The van der Waals surface area contributed by atoms with Crippen molar-refractivity contribution in [1.82, 2.24) is 4.72 Å². The van der Waals surface area contributed by atoms with Gasteiger partial charge in [-0.15, -0.1) is 0 Å². The first-order valence-corrected chi connectivity index (χ1v) is 8.47. The first-order chi connectivity index (χ1) is 9.34. The number of ether oxygens (including phenoxy) is 1. The van der Waals surface area contributed by atoms with E-state index in [2.05, 4.69) is 4.72 Å². The Bertz CT molecular complexity index is 517. The van der Waals surface area contributed by atoms with Gasteiger partial charge in [-0.1, -0.05) is 26.3 Å². The van der Waals surface area contributed by atoms with E-state index >= 15 is 0 Å². The van der Waals surface area contributed by atoms with E-state index < -0.39 is 10.0 Å². The van der Waals surface area contributed by atoms with Crippen molar-refractivity contribution >= 4 is 15.7 Å². The van der Waals surface area contributed by atoms with Crippen LogP contribution in [0.2, 0.25) is 0 Å². The zero-order valence-electron chi connectivity index (χ0n) is 12.3. The van der Waals surface area contributed by atoms with Crippen LogP contribution < -0.4 is 15.2 Å². The molecule has 1 aromatic rings. The minimum absolute atomic E-state index is 0.0669. The van der Waals surface area contributed by atoms with Gasteiger partial charge in [-0.2, -0.15) is 0 Å². The number of benzene rings is 1. The Hall–Kier alpha value is -1.27. The molecule has 1 rings (SSSR count). The summed E-state index contributed by atoms with van der Waals surface area (Å²) in [7, 11) is -3.32. The number of nitrogen functional groups attached to an aromatic ring is 1. The number of nitrogens with one attached hydrogen (secondary N) is 1. The molecule has 3 N–H and O–H groups in total. The average molecular weight is 300 g/mol. The molecule has 0 fully saturated rings. The minimum atomic E-state index is -3.32. The Balaban J connectivity index is 2.44. The Kier molecular flexibility index (Phi) is 6.29. The van der Waals surface area contributed by atoms with Crippen LogP contribution in [0.15, 0.2) is 24.3 Å². The van der Waals surface area contributed by atoms with Crippen LogP contribution in [0, 0.1) is 5.92 Å². The third-order valence-electron chi connectivity index (χ3n) is 3.34. The van der Waals surface area contributed by atoms with Gasteiger partial charge in [0, 0.05) is 17.8 Å². The van der Waals surface area contributed by atoms with E-state index in [0.717, 1.165) is 6.42 Å². The van der Waals surface area contributed by atoms with Crippen molar-refractivity contribution in [2.45, 2.75) is 33.2 Å². The number of anilines is 1. The van der Waals surface area contributed by atoms with Crippen molar-refractivity contribution in [3.63, 3.8) is 0 Å². The van der Waals surface area contributed by atoms with Gasteiger partial charge in [-0.25, -0.2) is 13.1 Å². The fourth-order valence-electron chi connectivity index (χ4n) is 1.69. The van der Waals surface area contributed by atoms with Crippen molar-refractivity contribution in [3.05, 3.63) is 24.3 Å². The summed E-state index contributed by atoms with van der Waals surface area (Å²) < 4.78 is 31.9. The molecule has 0 aliphatic heterocycles. The Morgan fingerprint density at radius 2 is 2.05 bits per heavy atom. The standard InChI is InChI=1S/C14H24N2O3S/c1-4-11(2)12(3)16-20(17,18)9-8-19-14-7-5-6-13(15)10-14/h5-7,10-12,16H,4,8-9,15H2,1-3H3. The molecule has 5 nitrogen and oxygen atoms in total. The fourth-order valence-corrected chi connectivity index (χ4v) is 2.90. The van der Waals surface area contributed by atoms with Gasteiger partial charge in [0.25, 0.3) is 0 Å². The topological polar surface area (TPSA) is 81.4 Å². The van der Waals surface area contributed by atoms with Gasteiger partial charge < -0.3 is 10.5 Å². The maximum atomic E-state index is 11.9. The van der Waals surface area contributed by atoms with Crippen molar-refractivity contribution < 1.29 is 13.2 Å². The van der Waals surface area contributed by atoms with Crippen molar-refractivity contribution in [2.75, 3.05) is 18.1 Å². The van der Waals surface area contributed by atoms with Crippen LogP contribution >= 0.6 is 0 Å². The van der Waals surface area contributed by atoms with Gasteiger partial charge in [-0.3, -0.25) is 0 Å². The van der Waals surface area contributed by atoms with Crippen molar-refractivity contribution in [2.24, 2.45) is 5.92 Å². The maximum Gasteiger partial charge on any atom is 0.215 e. The Morgan fingerprint density at radius 3 is 2.65 bits per heavy atom. The summed E-state index contributed by atoms with van der Waals surface area (Å²) in [5, 5.41) is 0. The molecule has 0 heterocycles. The van der Waals surface area contributed by atoms with Crippen LogP contribution in [0.25, 0.3) is 0 Å². The molecule has 0 aliphatic carbocycles. The largest absolute Gasteiger partial charge is 0.492 e. The summed E-state index contributed by atoms with van der Waals surface area (Å²) in [6.45, 7) is 6.05. The number of nitrogens with two attached hydrogens (primary N) is 1. The summed E-state index contributed by atoms with van der Waals surface area (Å²) >= 11 is 0. The average Bonchev–Trinajstić information content (AvgIpc) is 2.37. The molecule has 20 heavy (non-hydrogen) atoms. The summed E-state index contributed by atoms with van der Waals surface area (Å²) in [5.41, 5.74) is 6.21. The molecule has 0 saturated heterocycles. The second kappa shape index (κ2) is 7.50. The highest BCUT2D eigenvalue weighted by Gasteiger charge is 2.18. The SMILES string of the molecule is CCC(C)C(C)NS(=O)(=O)CCOc1cccc(N)c1. The van der Waals surface area contributed by atoms with Crippen LogP contribution in [0.4, 0.5) is 5.69 Å². The lowest BCUT2D eigenvalue weighted by atomic mass is 10.0. The third kappa shape index (κ3) is 5.79. The molecule has 0 saturated carbocycles. The summed E-state index contributed by atoms with van der Waals surface area (Å²) in [6.07, 6.45) is 0.934. The summed E-state index contributed by atoms with van der Waals surface area (Å²) in [6, 6.07) is 6.86. The van der Waals surface area contributed by atoms with Crippen LogP contribution in [-0.2, 0) is 10.0 Å². The lowest BCUT2D eigenvalue weighted by Crippen LogP contribution is -2.39. The zero-order chi connectivity index (χ0) is 15.2. The van der Waals surface area contributed by atoms with Crippen LogP contribution in [0.5, 0.6) is 5.75 Å². The van der Waals surface area contributed by atoms with Crippen LogP contribution in [0.3, 0.4) is 0 Å². The van der Waals surface area contributed by atoms with Gasteiger partial charge in [-0.05, 0) is 25.0 Å². The van der Waals surface area contributed by atoms with Gasteiger partial charge >= 0.3 is 0 Å². The quantitative estimate of drug-likeness (QED) is 0.720. The Morgan fingerprint density at radius 1 is 1.35 bits per heavy atom. The maximum absolute atomic E-state index is 11.9. The van der Waals surface area contributed by atoms with Gasteiger partial charge in [0.1, 0.15) is 12.4 Å². The zero-order valence-corrected chi connectivity index (χ0v) is 13.1. The van der Waals surface area contributed by atoms with Gasteiger partial charge in [0.2, 0.25) is 10.0 Å². The number of sulfonamides is 1. The Labute approximate surface area is 121 Å². The normalized spacial score (nSPS) is 14.8. The molecule has 6 heteroatoms. The van der Waals surface area contributed by atoms with Crippen molar-refractivity contribution in [3.8, 4) is 5.75 Å². The first kappa shape index (κ1) is 16.8. The molecule has 0 spiro atoms. The van der Waals surface area contributed by atoms with E-state index in [0.29, 0.717) is 17.4 Å². The predicted octanol–water partition coefficient (Wildman–Crippen LogP) is 2.00. The first-order valence-electron chi connectivity index (χ1n) is 6.82. The number of rotatable bonds is 8. The van der Waals surface area contributed by atoms with E-state index in [1.54, 1.807) is 24.3 Å². The molecule has 0 bridgehead atoms. The van der Waals surface area contributed by atoms with E-state index in [4.69, 9.17) is 10.5 Å². The molecule has 0 radical (unpaired) electrons. The molecule has 114 valence electrons. The van der Waals surface area contributed by atoms with E-state index in [1.807, 2.05) is 20.8 Å². The lowest BCUT2D eigenvalue weighted by molar-refractivity contribution is 0.339. The molecular formula is C14H24N2O3S. The third-order valence-corrected chi connectivity index (χ3v) is 4.78. The molecule has 0 aromatic heterocycles. The predicted molar refractivity (Wildman–Crippen MR) is 82.2 cm³/mol. The minimum Gasteiger partial charge on any atom is -0.492 e. The second-order valence-electron chi connectivity index (χ2n) is 5.03. The highest BCUT2D eigenvalue weighted by molar-refractivity contribution is 7.89.